The summed E-state index contributed by atoms with van der Waals surface area (Å²) in [6.07, 6.45) is 0.419. The summed E-state index contributed by atoms with van der Waals surface area (Å²) >= 11 is 0. The van der Waals surface area contributed by atoms with E-state index in [1.807, 2.05) is 6.07 Å². The molecule has 1 saturated heterocycles. The number of para-hydroxylation sites is 2. The monoisotopic (exact) mass is 277 g/mol. The summed E-state index contributed by atoms with van der Waals surface area (Å²) in [5, 5.41) is 9.12. The number of hydrogen-bond acceptors (Lipinski definition) is 4. The summed E-state index contributed by atoms with van der Waals surface area (Å²) in [7, 11) is 0. The van der Waals surface area contributed by atoms with Gasteiger partial charge in [-0.25, -0.2) is 4.79 Å². The van der Waals surface area contributed by atoms with Crippen molar-refractivity contribution in [1.82, 2.24) is 4.90 Å². The second-order valence-electron chi connectivity index (χ2n) is 4.89. The van der Waals surface area contributed by atoms with Gasteiger partial charge in [0.1, 0.15) is 12.6 Å². The molecule has 0 aromatic heterocycles. The number of nitrogens with zero attached hydrogens (tertiary/aromatic N) is 1. The molecule has 0 aliphatic carbocycles. The second kappa shape index (κ2) is 5.03. The summed E-state index contributed by atoms with van der Waals surface area (Å²) in [6, 6.07) is 6.37. The fraction of sp³-hybridized carbons (Fsp3) is 0.429. The highest BCUT2D eigenvalue weighted by Crippen LogP contribution is 2.32. The van der Waals surface area contributed by atoms with Crippen molar-refractivity contribution in [3.63, 3.8) is 0 Å². The Labute approximate surface area is 115 Å². The second-order valence-corrected chi connectivity index (χ2v) is 4.89. The first-order valence-electron chi connectivity index (χ1n) is 6.58. The maximum absolute atomic E-state index is 12.4. The summed E-state index contributed by atoms with van der Waals surface area (Å²) in [6.45, 7) is 0.565. The van der Waals surface area contributed by atoms with Crippen LogP contribution in [0.4, 0.5) is 0 Å². The molecule has 0 radical (unpaired) electrons. The smallest absolute Gasteiger partial charge is 0.326 e. The molecule has 1 fully saturated rings. The van der Waals surface area contributed by atoms with Crippen LogP contribution in [0.5, 0.6) is 11.5 Å². The molecule has 2 unspecified atom stereocenters. The first kappa shape index (κ1) is 12.8. The van der Waals surface area contributed by atoms with Crippen LogP contribution in [0, 0.1) is 0 Å². The molecule has 1 aromatic carbocycles. The van der Waals surface area contributed by atoms with Crippen LogP contribution in [0.3, 0.4) is 0 Å². The zero-order valence-corrected chi connectivity index (χ0v) is 10.8. The third-order valence-electron chi connectivity index (χ3n) is 3.60. The van der Waals surface area contributed by atoms with Crippen LogP contribution >= 0.6 is 0 Å². The number of carbonyl (C=O) groups excluding carboxylic acids is 1. The van der Waals surface area contributed by atoms with E-state index in [1.54, 1.807) is 18.2 Å². The topological polar surface area (TPSA) is 76.1 Å². The van der Waals surface area contributed by atoms with Gasteiger partial charge < -0.3 is 19.5 Å². The molecule has 1 amide bonds. The van der Waals surface area contributed by atoms with Crippen molar-refractivity contribution in [3.8, 4) is 11.5 Å². The van der Waals surface area contributed by atoms with Gasteiger partial charge in [0.25, 0.3) is 5.91 Å². The predicted molar refractivity (Wildman–Crippen MR) is 68.7 cm³/mol. The third kappa shape index (κ3) is 2.17. The normalized spacial score (nSPS) is 24.5. The molecule has 2 aliphatic rings. The number of carbonyl (C=O) groups is 2. The lowest BCUT2D eigenvalue weighted by molar-refractivity contribution is -0.152. The van der Waals surface area contributed by atoms with Crippen LogP contribution in [-0.2, 0) is 9.59 Å². The fourth-order valence-corrected chi connectivity index (χ4v) is 2.61. The molecule has 3 rings (SSSR count). The molecular weight excluding hydrogens is 262 g/mol. The van der Waals surface area contributed by atoms with E-state index in [0.717, 1.165) is 0 Å². The van der Waals surface area contributed by atoms with Gasteiger partial charge in [0, 0.05) is 6.54 Å². The minimum Gasteiger partial charge on any atom is -0.485 e. The lowest BCUT2D eigenvalue weighted by Crippen LogP contribution is -2.50. The number of benzene rings is 1. The number of amides is 1. The molecule has 6 heteroatoms. The molecule has 1 N–H and O–H groups in total. The van der Waals surface area contributed by atoms with E-state index < -0.39 is 18.1 Å². The van der Waals surface area contributed by atoms with Crippen molar-refractivity contribution in [2.45, 2.75) is 25.0 Å². The van der Waals surface area contributed by atoms with Gasteiger partial charge in [-0.1, -0.05) is 12.1 Å². The van der Waals surface area contributed by atoms with Crippen LogP contribution in [0.1, 0.15) is 12.8 Å². The van der Waals surface area contributed by atoms with Crippen LogP contribution in [0.2, 0.25) is 0 Å². The van der Waals surface area contributed by atoms with E-state index in [-0.39, 0.29) is 12.5 Å². The lowest BCUT2D eigenvalue weighted by atomic mass is 10.2. The molecule has 2 aliphatic heterocycles. The predicted octanol–water partition coefficient (Wildman–Crippen LogP) is 0.902. The Morgan fingerprint density at radius 1 is 1.25 bits per heavy atom. The van der Waals surface area contributed by atoms with Gasteiger partial charge in [0.05, 0.1) is 0 Å². The number of rotatable bonds is 2. The van der Waals surface area contributed by atoms with Crippen LogP contribution in [0.15, 0.2) is 24.3 Å². The Hall–Kier alpha value is -2.24. The zero-order valence-electron chi connectivity index (χ0n) is 10.8. The first-order chi connectivity index (χ1) is 9.66. The van der Waals surface area contributed by atoms with Crippen LogP contribution in [0.25, 0.3) is 0 Å². The van der Waals surface area contributed by atoms with E-state index >= 15 is 0 Å². The number of likely N-dealkylation sites (tertiary alicyclic amines) is 1. The standard InChI is InChI=1S/C14H15NO5/c16-13(15-7-3-4-9(15)14(17)18)12-8-19-10-5-1-2-6-11(10)20-12/h1-2,5-6,9,12H,3-4,7-8H2,(H,17,18). The van der Waals surface area contributed by atoms with E-state index in [1.165, 1.54) is 4.90 Å². The Bertz CT molecular complexity index is 544. The number of fused-ring (bicyclic) bond motifs is 1. The average molecular weight is 277 g/mol. The van der Waals surface area contributed by atoms with Gasteiger partial charge in [-0.3, -0.25) is 4.79 Å². The van der Waals surface area contributed by atoms with Gasteiger partial charge in [0.2, 0.25) is 6.10 Å². The van der Waals surface area contributed by atoms with Gasteiger partial charge in [0.15, 0.2) is 11.5 Å². The molecule has 106 valence electrons. The highest BCUT2D eigenvalue weighted by molar-refractivity contribution is 5.87. The van der Waals surface area contributed by atoms with E-state index in [4.69, 9.17) is 14.6 Å². The molecule has 6 nitrogen and oxygen atoms in total. The summed E-state index contributed by atoms with van der Waals surface area (Å²) < 4.78 is 11.1. The van der Waals surface area contributed by atoms with Gasteiger partial charge >= 0.3 is 5.97 Å². The molecule has 0 bridgehead atoms. The average Bonchev–Trinajstić information content (AvgIpc) is 2.95. The van der Waals surface area contributed by atoms with Crippen molar-refractivity contribution in [3.05, 3.63) is 24.3 Å². The highest BCUT2D eigenvalue weighted by atomic mass is 16.6. The largest absolute Gasteiger partial charge is 0.485 e. The molecular formula is C14H15NO5. The Kier molecular flexibility index (Phi) is 3.22. The van der Waals surface area contributed by atoms with E-state index in [9.17, 15) is 9.59 Å². The van der Waals surface area contributed by atoms with Gasteiger partial charge in [-0.15, -0.1) is 0 Å². The number of hydrogen-bond donors (Lipinski definition) is 1. The van der Waals surface area contributed by atoms with Gasteiger partial charge in [-0.2, -0.15) is 0 Å². The third-order valence-corrected chi connectivity index (χ3v) is 3.60. The quantitative estimate of drug-likeness (QED) is 0.869. The lowest BCUT2D eigenvalue weighted by Gasteiger charge is -2.30. The minimum atomic E-state index is -0.965. The molecule has 1 aromatic rings. The Balaban J connectivity index is 1.74. The Morgan fingerprint density at radius 2 is 2.00 bits per heavy atom. The van der Waals surface area contributed by atoms with Crippen molar-refractivity contribution in [1.29, 1.82) is 0 Å². The molecule has 2 heterocycles. The minimum absolute atomic E-state index is 0.110. The Morgan fingerprint density at radius 3 is 2.75 bits per heavy atom. The maximum Gasteiger partial charge on any atom is 0.326 e. The summed E-state index contributed by atoms with van der Waals surface area (Å²) in [5.41, 5.74) is 0. The molecule has 20 heavy (non-hydrogen) atoms. The molecule has 2 atom stereocenters. The number of aliphatic carboxylic acids is 1. The maximum atomic E-state index is 12.4. The zero-order chi connectivity index (χ0) is 14.1. The number of carboxylic acids is 1. The fourth-order valence-electron chi connectivity index (χ4n) is 2.61. The van der Waals surface area contributed by atoms with Crippen molar-refractivity contribution in [2.24, 2.45) is 0 Å². The van der Waals surface area contributed by atoms with Crippen molar-refractivity contribution >= 4 is 11.9 Å². The van der Waals surface area contributed by atoms with Crippen LogP contribution in [-0.4, -0.2) is 47.2 Å². The highest BCUT2D eigenvalue weighted by Gasteiger charge is 2.39. The summed E-state index contributed by atoms with van der Waals surface area (Å²) in [5.74, 6) is -0.159. The van der Waals surface area contributed by atoms with E-state index in [0.29, 0.717) is 30.9 Å². The number of carboxylic acid groups (broad SMARTS) is 1. The molecule has 0 saturated carbocycles. The summed E-state index contributed by atoms with van der Waals surface area (Å²) in [4.78, 5) is 24.9. The first-order valence-corrected chi connectivity index (χ1v) is 6.58. The van der Waals surface area contributed by atoms with Crippen molar-refractivity contribution < 1.29 is 24.2 Å². The SMILES string of the molecule is O=C(O)C1CCCN1C(=O)C1COc2ccccc2O1. The number of ether oxygens (including phenoxy) is 2. The van der Waals surface area contributed by atoms with E-state index in [2.05, 4.69) is 0 Å². The van der Waals surface area contributed by atoms with Gasteiger partial charge in [-0.05, 0) is 25.0 Å². The molecule has 0 spiro atoms. The van der Waals surface area contributed by atoms with Crippen LogP contribution < -0.4 is 9.47 Å². The van der Waals surface area contributed by atoms with Crippen molar-refractivity contribution in [2.75, 3.05) is 13.2 Å².